The summed E-state index contributed by atoms with van der Waals surface area (Å²) in [5.74, 6) is 2.06. The number of amides is 2. The summed E-state index contributed by atoms with van der Waals surface area (Å²) in [6.45, 7) is 5.13. The summed E-state index contributed by atoms with van der Waals surface area (Å²) in [7, 11) is 1.64. The molecule has 0 spiro atoms. The van der Waals surface area contributed by atoms with E-state index in [1.165, 1.54) is 0 Å². The smallest absolute Gasteiger partial charge is 0.317 e. The molecule has 0 atom stereocenters. The van der Waals surface area contributed by atoms with Crippen molar-refractivity contribution in [3.05, 3.63) is 65.9 Å². The van der Waals surface area contributed by atoms with Crippen molar-refractivity contribution in [2.45, 2.75) is 45.7 Å². The van der Waals surface area contributed by atoms with Crippen LogP contribution in [0.4, 0.5) is 4.79 Å². The Hall–Kier alpha value is -3.48. The van der Waals surface area contributed by atoms with E-state index in [9.17, 15) is 4.79 Å². The highest BCUT2D eigenvalue weighted by molar-refractivity contribution is 5.75. The molecule has 1 aromatic heterocycles. The maximum absolute atomic E-state index is 12.8. The number of para-hydroxylation sites is 1. The molecule has 4 rings (SSSR count). The van der Waals surface area contributed by atoms with Crippen LogP contribution in [-0.2, 0) is 6.54 Å². The van der Waals surface area contributed by atoms with Crippen LogP contribution in [0.15, 0.2) is 54.6 Å². The van der Waals surface area contributed by atoms with Gasteiger partial charge in [0.05, 0.1) is 30.6 Å². The van der Waals surface area contributed by atoms with Gasteiger partial charge in [0, 0.05) is 12.6 Å². The number of aryl methyl sites for hydroxylation is 1. The highest BCUT2D eigenvalue weighted by Gasteiger charge is 2.34. The molecule has 0 saturated heterocycles. The Labute approximate surface area is 188 Å². The van der Waals surface area contributed by atoms with Crippen LogP contribution in [-0.4, -0.2) is 40.4 Å². The third-order valence-corrected chi connectivity index (χ3v) is 5.52. The highest BCUT2D eigenvalue weighted by Crippen LogP contribution is 2.35. The molecular weight excluding hydrogens is 404 g/mol. The summed E-state index contributed by atoms with van der Waals surface area (Å²) >= 11 is 0. The van der Waals surface area contributed by atoms with Gasteiger partial charge in [0.1, 0.15) is 11.5 Å². The van der Waals surface area contributed by atoms with E-state index in [4.69, 9.17) is 14.6 Å². The lowest BCUT2D eigenvalue weighted by atomic mass is 10.2. The van der Waals surface area contributed by atoms with Crippen LogP contribution >= 0.6 is 0 Å². The van der Waals surface area contributed by atoms with Gasteiger partial charge in [-0.05, 0) is 62.6 Å². The van der Waals surface area contributed by atoms with E-state index in [1.54, 1.807) is 7.11 Å². The highest BCUT2D eigenvalue weighted by atomic mass is 16.5. The molecule has 1 aliphatic carbocycles. The Morgan fingerprint density at radius 3 is 2.44 bits per heavy atom. The van der Waals surface area contributed by atoms with Crippen LogP contribution in [0.2, 0.25) is 0 Å². The first-order valence-corrected chi connectivity index (χ1v) is 11.1. The zero-order chi connectivity index (χ0) is 22.5. The second-order valence-corrected chi connectivity index (χ2v) is 7.99. The van der Waals surface area contributed by atoms with Crippen molar-refractivity contribution in [2.75, 3.05) is 13.7 Å². The van der Waals surface area contributed by atoms with Gasteiger partial charge in [0.15, 0.2) is 0 Å². The summed E-state index contributed by atoms with van der Waals surface area (Å²) in [4.78, 5) is 14.8. The number of benzene rings is 2. The van der Waals surface area contributed by atoms with Gasteiger partial charge in [-0.2, -0.15) is 5.10 Å². The normalized spacial score (nSPS) is 13.0. The largest absolute Gasteiger partial charge is 0.497 e. The maximum atomic E-state index is 12.8. The molecule has 168 valence electrons. The molecule has 2 aromatic carbocycles. The molecule has 1 fully saturated rings. The number of hydrogen-bond acceptors (Lipinski definition) is 4. The number of ether oxygens (including phenoxy) is 2. The fourth-order valence-electron chi connectivity index (χ4n) is 3.58. The molecule has 0 radical (unpaired) electrons. The minimum absolute atomic E-state index is 0.0309. The van der Waals surface area contributed by atoms with Gasteiger partial charge in [-0.1, -0.05) is 25.1 Å². The van der Waals surface area contributed by atoms with E-state index in [2.05, 4.69) is 12.2 Å². The standard InChI is InChI=1S/C25H30N4O3/c1-4-16-26-25(30)28(19-10-11-19)17-23-18(2)27-29(20-8-6-5-7-9-20)24(23)32-22-14-12-21(31-3)13-15-22/h5-9,12-15,19H,4,10-11,16-17H2,1-3H3,(H,26,30). The molecule has 3 aromatic rings. The van der Waals surface area contributed by atoms with Crippen molar-refractivity contribution < 1.29 is 14.3 Å². The van der Waals surface area contributed by atoms with E-state index in [0.29, 0.717) is 24.7 Å². The van der Waals surface area contributed by atoms with Crippen molar-refractivity contribution in [1.29, 1.82) is 0 Å². The summed E-state index contributed by atoms with van der Waals surface area (Å²) in [5, 5.41) is 7.79. The second-order valence-electron chi connectivity index (χ2n) is 7.99. The average Bonchev–Trinajstić information content (AvgIpc) is 3.62. The van der Waals surface area contributed by atoms with Crippen LogP contribution < -0.4 is 14.8 Å². The van der Waals surface area contributed by atoms with Crippen molar-refractivity contribution in [3.8, 4) is 23.1 Å². The summed E-state index contributed by atoms with van der Waals surface area (Å²) in [5.41, 5.74) is 2.65. The SMILES string of the molecule is CCCNC(=O)N(Cc1c(C)nn(-c2ccccc2)c1Oc1ccc(OC)cc1)C1CC1. The number of nitrogens with one attached hydrogen (secondary N) is 1. The topological polar surface area (TPSA) is 68.6 Å². The summed E-state index contributed by atoms with van der Waals surface area (Å²) in [6.07, 6.45) is 2.96. The number of carbonyl (C=O) groups is 1. The van der Waals surface area contributed by atoms with Gasteiger partial charge in [0.2, 0.25) is 5.88 Å². The summed E-state index contributed by atoms with van der Waals surface area (Å²) < 4.78 is 13.4. The van der Waals surface area contributed by atoms with E-state index in [-0.39, 0.29) is 12.1 Å². The lowest BCUT2D eigenvalue weighted by Gasteiger charge is -2.23. The quantitative estimate of drug-likeness (QED) is 0.511. The van der Waals surface area contributed by atoms with Gasteiger partial charge in [-0.25, -0.2) is 9.48 Å². The number of carbonyl (C=O) groups excluding carboxylic acids is 1. The van der Waals surface area contributed by atoms with E-state index >= 15 is 0 Å². The predicted molar refractivity (Wildman–Crippen MR) is 124 cm³/mol. The average molecular weight is 435 g/mol. The molecule has 0 aliphatic heterocycles. The number of nitrogens with zero attached hydrogens (tertiary/aromatic N) is 3. The maximum Gasteiger partial charge on any atom is 0.317 e. The van der Waals surface area contributed by atoms with E-state index < -0.39 is 0 Å². The van der Waals surface area contributed by atoms with Crippen LogP contribution in [0.1, 0.15) is 37.4 Å². The fourth-order valence-corrected chi connectivity index (χ4v) is 3.58. The number of hydrogen-bond donors (Lipinski definition) is 1. The second kappa shape index (κ2) is 9.77. The molecular formula is C25H30N4O3. The van der Waals surface area contributed by atoms with Crippen LogP contribution in [0.25, 0.3) is 5.69 Å². The molecule has 1 saturated carbocycles. The first kappa shape index (κ1) is 21.7. The van der Waals surface area contributed by atoms with Crippen molar-refractivity contribution in [1.82, 2.24) is 20.0 Å². The van der Waals surface area contributed by atoms with Crippen LogP contribution in [0.5, 0.6) is 17.4 Å². The predicted octanol–water partition coefficient (Wildman–Crippen LogP) is 5.07. The third kappa shape index (κ3) is 4.88. The fraction of sp³-hybridized carbons (Fsp3) is 0.360. The van der Waals surface area contributed by atoms with Gasteiger partial charge in [-0.3, -0.25) is 0 Å². The Morgan fingerprint density at radius 2 is 1.81 bits per heavy atom. The Bertz CT molecular complexity index is 1040. The third-order valence-electron chi connectivity index (χ3n) is 5.52. The van der Waals surface area contributed by atoms with Gasteiger partial charge in [-0.15, -0.1) is 0 Å². The molecule has 1 aliphatic rings. The molecule has 1 heterocycles. The van der Waals surface area contributed by atoms with Crippen molar-refractivity contribution in [2.24, 2.45) is 0 Å². The number of rotatable bonds is 9. The minimum Gasteiger partial charge on any atom is -0.497 e. The first-order valence-electron chi connectivity index (χ1n) is 11.1. The van der Waals surface area contributed by atoms with Crippen molar-refractivity contribution >= 4 is 6.03 Å². The van der Waals surface area contributed by atoms with E-state index in [1.807, 2.05) is 71.1 Å². The Balaban J connectivity index is 1.70. The Morgan fingerprint density at radius 1 is 1.12 bits per heavy atom. The first-order chi connectivity index (χ1) is 15.6. The lowest BCUT2D eigenvalue weighted by Crippen LogP contribution is -2.41. The minimum atomic E-state index is -0.0309. The lowest BCUT2D eigenvalue weighted by molar-refractivity contribution is 0.191. The molecule has 2 amide bonds. The van der Waals surface area contributed by atoms with Gasteiger partial charge >= 0.3 is 6.03 Å². The molecule has 7 nitrogen and oxygen atoms in total. The van der Waals surface area contributed by atoms with Crippen LogP contribution in [0.3, 0.4) is 0 Å². The molecule has 32 heavy (non-hydrogen) atoms. The monoisotopic (exact) mass is 434 g/mol. The zero-order valence-electron chi connectivity index (χ0n) is 18.9. The van der Waals surface area contributed by atoms with E-state index in [0.717, 1.165) is 42.0 Å². The van der Waals surface area contributed by atoms with Crippen molar-refractivity contribution in [3.63, 3.8) is 0 Å². The number of methoxy groups -OCH3 is 1. The Kier molecular flexibility index (Phi) is 6.63. The van der Waals surface area contributed by atoms with Gasteiger partial charge in [0.25, 0.3) is 0 Å². The number of aromatic nitrogens is 2. The molecule has 0 bridgehead atoms. The molecule has 7 heteroatoms. The number of urea groups is 1. The zero-order valence-corrected chi connectivity index (χ0v) is 18.9. The molecule has 1 N–H and O–H groups in total. The van der Waals surface area contributed by atoms with Crippen LogP contribution in [0, 0.1) is 6.92 Å². The summed E-state index contributed by atoms with van der Waals surface area (Å²) in [6, 6.07) is 17.6. The van der Waals surface area contributed by atoms with Gasteiger partial charge < -0.3 is 19.7 Å². The molecule has 0 unspecified atom stereocenters.